The molecule has 7 heteroatoms. The fourth-order valence-corrected chi connectivity index (χ4v) is 1.89. The van der Waals surface area contributed by atoms with E-state index in [4.69, 9.17) is 0 Å². The van der Waals surface area contributed by atoms with Crippen LogP contribution in [0.2, 0.25) is 0 Å². The number of aromatic amines is 1. The van der Waals surface area contributed by atoms with Crippen LogP contribution in [-0.4, -0.2) is 31.5 Å². The number of benzene rings is 1. The van der Waals surface area contributed by atoms with E-state index in [1.807, 2.05) is 30.3 Å². The Bertz CT molecular complexity index is 765. The lowest BCUT2D eigenvalue weighted by Gasteiger charge is -2.12. The number of nitrogens with zero attached hydrogens (tertiary/aromatic N) is 3. The summed E-state index contributed by atoms with van der Waals surface area (Å²) in [6, 6.07) is 12.7. The van der Waals surface area contributed by atoms with Crippen molar-refractivity contribution in [1.82, 2.24) is 19.8 Å². The van der Waals surface area contributed by atoms with E-state index in [9.17, 15) is 9.90 Å². The highest BCUT2D eigenvalue weighted by Crippen LogP contribution is 2.13. The Morgan fingerprint density at radius 1 is 1.25 bits per heavy atom. The average Bonchev–Trinajstić information content (AvgIpc) is 2.87. The fraction of sp³-hybridized carbons (Fsp3) is 0.154. The molecule has 3 rings (SSSR count). The zero-order valence-electron chi connectivity index (χ0n) is 10.5. The number of hydrogen-bond donors (Lipinski definition) is 3. The van der Waals surface area contributed by atoms with Gasteiger partial charge in [0.2, 0.25) is 0 Å². The number of aliphatic hydroxyl groups is 1. The van der Waals surface area contributed by atoms with Crippen LogP contribution in [0, 0.1) is 0 Å². The second-order valence-corrected chi connectivity index (χ2v) is 4.32. The number of fused-ring (bicyclic) bond motifs is 1. The molecule has 2 aromatic heterocycles. The summed E-state index contributed by atoms with van der Waals surface area (Å²) in [5, 5.41) is 23.2. The third-order valence-corrected chi connectivity index (χ3v) is 2.93. The quantitative estimate of drug-likeness (QED) is 0.644. The number of rotatable bonds is 4. The first-order valence-electron chi connectivity index (χ1n) is 6.15. The molecule has 3 aromatic rings. The molecule has 102 valence electrons. The normalized spacial score (nSPS) is 12.4. The molecule has 0 saturated carbocycles. The molecule has 0 aliphatic carbocycles. The molecular formula is C13H13N5O2. The van der Waals surface area contributed by atoms with Gasteiger partial charge in [-0.15, -0.1) is 5.10 Å². The van der Waals surface area contributed by atoms with Crippen LogP contribution in [-0.2, 0) is 0 Å². The third-order valence-electron chi connectivity index (χ3n) is 2.93. The molecule has 0 bridgehead atoms. The van der Waals surface area contributed by atoms with Gasteiger partial charge in [0.1, 0.15) is 5.82 Å². The molecule has 1 atom stereocenters. The number of H-pyrrole nitrogens is 1. The zero-order valence-corrected chi connectivity index (χ0v) is 10.5. The predicted octanol–water partition coefficient (Wildman–Crippen LogP) is 0.563. The standard InChI is InChI=1S/C13H13N5O2/c19-10(9-4-2-1-3-5-9)8-14-11-6-7-12-15-16-13(20)18(12)17-11/h1-7,10,19H,8H2,(H,14,17)(H,16,20). The molecule has 0 aliphatic heterocycles. The zero-order chi connectivity index (χ0) is 13.9. The lowest BCUT2D eigenvalue weighted by Crippen LogP contribution is -2.16. The molecule has 0 spiro atoms. The van der Waals surface area contributed by atoms with Gasteiger partial charge in [-0.05, 0) is 17.7 Å². The van der Waals surface area contributed by atoms with Gasteiger partial charge in [0, 0.05) is 6.54 Å². The second-order valence-electron chi connectivity index (χ2n) is 4.32. The van der Waals surface area contributed by atoms with Crippen molar-refractivity contribution in [3.63, 3.8) is 0 Å². The van der Waals surface area contributed by atoms with Crippen LogP contribution in [0.4, 0.5) is 5.82 Å². The Kier molecular flexibility index (Phi) is 3.18. The van der Waals surface area contributed by atoms with Crippen LogP contribution in [0.3, 0.4) is 0 Å². The number of aromatic nitrogens is 4. The van der Waals surface area contributed by atoms with Gasteiger partial charge in [-0.25, -0.2) is 9.89 Å². The molecule has 1 unspecified atom stereocenters. The molecule has 3 N–H and O–H groups in total. The van der Waals surface area contributed by atoms with Gasteiger partial charge in [-0.3, -0.25) is 0 Å². The van der Waals surface area contributed by atoms with Crippen LogP contribution in [0.5, 0.6) is 0 Å². The first kappa shape index (κ1) is 12.4. The summed E-state index contributed by atoms with van der Waals surface area (Å²) in [7, 11) is 0. The van der Waals surface area contributed by atoms with E-state index in [1.165, 1.54) is 0 Å². The topological polar surface area (TPSA) is 95.3 Å². The van der Waals surface area contributed by atoms with Crippen molar-refractivity contribution < 1.29 is 5.11 Å². The summed E-state index contributed by atoms with van der Waals surface area (Å²) >= 11 is 0. The minimum atomic E-state index is -0.644. The van der Waals surface area contributed by atoms with Gasteiger partial charge in [0.15, 0.2) is 5.65 Å². The van der Waals surface area contributed by atoms with E-state index in [0.29, 0.717) is 18.0 Å². The first-order valence-corrected chi connectivity index (χ1v) is 6.15. The number of aliphatic hydroxyl groups excluding tert-OH is 1. The molecule has 7 nitrogen and oxygen atoms in total. The summed E-state index contributed by atoms with van der Waals surface area (Å²) in [5.41, 5.74) is 0.873. The van der Waals surface area contributed by atoms with Gasteiger partial charge >= 0.3 is 5.69 Å². The van der Waals surface area contributed by atoms with Crippen LogP contribution in [0.15, 0.2) is 47.3 Å². The van der Waals surface area contributed by atoms with E-state index < -0.39 is 11.8 Å². The van der Waals surface area contributed by atoms with Crippen molar-refractivity contribution >= 4 is 11.5 Å². The molecule has 0 radical (unpaired) electrons. The summed E-state index contributed by atoms with van der Waals surface area (Å²) in [6.45, 7) is 0.301. The maximum Gasteiger partial charge on any atom is 0.364 e. The minimum Gasteiger partial charge on any atom is -0.387 e. The summed E-state index contributed by atoms with van der Waals surface area (Å²) in [5.74, 6) is 0.496. The van der Waals surface area contributed by atoms with E-state index in [-0.39, 0.29) is 0 Å². The van der Waals surface area contributed by atoms with Crippen molar-refractivity contribution in [2.75, 3.05) is 11.9 Å². The fourth-order valence-electron chi connectivity index (χ4n) is 1.89. The molecular weight excluding hydrogens is 258 g/mol. The Labute approximate surface area is 113 Å². The van der Waals surface area contributed by atoms with Crippen molar-refractivity contribution in [3.8, 4) is 0 Å². The average molecular weight is 271 g/mol. The molecule has 0 amide bonds. The number of nitrogens with one attached hydrogen (secondary N) is 2. The number of anilines is 1. The van der Waals surface area contributed by atoms with E-state index >= 15 is 0 Å². The molecule has 0 fully saturated rings. The Morgan fingerprint density at radius 2 is 2.05 bits per heavy atom. The van der Waals surface area contributed by atoms with Crippen molar-refractivity contribution in [2.24, 2.45) is 0 Å². The highest BCUT2D eigenvalue weighted by atomic mass is 16.3. The predicted molar refractivity (Wildman–Crippen MR) is 73.5 cm³/mol. The maximum absolute atomic E-state index is 11.4. The second kappa shape index (κ2) is 5.14. The lowest BCUT2D eigenvalue weighted by atomic mass is 10.1. The Morgan fingerprint density at radius 3 is 2.85 bits per heavy atom. The number of hydrogen-bond acceptors (Lipinski definition) is 5. The molecule has 2 heterocycles. The molecule has 0 saturated heterocycles. The van der Waals surface area contributed by atoms with Crippen LogP contribution in [0.25, 0.3) is 5.65 Å². The van der Waals surface area contributed by atoms with Crippen molar-refractivity contribution in [2.45, 2.75) is 6.10 Å². The van der Waals surface area contributed by atoms with E-state index in [2.05, 4.69) is 20.6 Å². The van der Waals surface area contributed by atoms with Gasteiger partial charge < -0.3 is 10.4 Å². The van der Waals surface area contributed by atoms with Gasteiger partial charge in [0.25, 0.3) is 0 Å². The van der Waals surface area contributed by atoms with Crippen LogP contribution < -0.4 is 11.0 Å². The Balaban J connectivity index is 1.73. The van der Waals surface area contributed by atoms with Crippen LogP contribution in [0.1, 0.15) is 11.7 Å². The monoisotopic (exact) mass is 271 g/mol. The van der Waals surface area contributed by atoms with Gasteiger partial charge in [0.05, 0.1) is 6.10 Å². The minimum absolute atomic E-state index is 0.301. The smallest absolute Gasteiger partial charge is 0.364 e. The summed E-state index contributed by atoms with van der Waals surface area (Å²) < 4.78 is 1.16. The summed E-state index contributed by atoms with van der Waals surface area (Å²) in [6.07, 6.45) is -0.644. The molecule has 20 heavy (non-hydrogen) atoms. The first-order chi connectivity index (χ1) is 9.74. The van der Waals surface area contributed by atoms with Crippen molar-refractivity contribution in [3.05, 3.63) is 58.5 Å². The van der Waals surface area contributed by atoms with Gasteiger partial charge in [-0.1, -0.05) is 30.3 Å². The third kappa shape index (κ3) is 2.39. The van der Waals surface area contributed by atoms with Crippen molar-refractivity contribution in [1.29, 1.82) is 0 Å². The Hall–Kier alpha value is -2.67. The molecule has 1 aromatic carbocycles. The van der Waals surface area contributed by atoms with Gasteiger partial charge in [-0.2, -0.15) is 9.61 Å². The molecule has 0 aliphatic rings. The maximum atomic E-state index is 11.4. The highest BCUT2D eigenvalue weighted by Gasteiger charge is 2.08. The van der Waals surface area contributed by atoms with E-state index in [1.54, 1.807) is 12.1 Å². The summed E-state index contributed by atoms with van der Waals surface area (Å²) in [4.78, 5) is 11.4. The highest BCUT2D eigenvalue weighted by molar-refractivity contribution is 5.43. The lowest BCUT2D eigenvalue weighted by molar-refractivity contribution is 0.191. The SMILES string of the molecule is O=c1[nH]nc2ccc(NCC(O)c3ccccc3)nn12. The van der Waals surface area contributed by atoms with E-state index in [0.717, 1.165) is 10.1 Å². The largest absolute Gasteiger partial charge is 0.387 e. The van der Waals surface area contributed by atoms with Crippen LogP contribution >= 0.6 is 0 Å².